The molecule has 0 saturated carbocycles. The van der Waals surface area contributed by atoms with Gasteiger partial charge in [0.1, 0.15) is 5.82 Å². The Labute approximate surface area is 207 Å². The summed E-state index contributed by atoms with van der Waals surface area (Å²) in [4.78, 5) is 14.9. The molecule has 0 aliphatic carbocycles. The number of fused-ring (bicyclic) bond motifs is 1. The summed E-state index contributed by atoms with van der Waals surface area (Å²) in [5.74, 6) is -0.368. The summed E-state index contributed by atoms with van der Waals surface area (Å²) < 4.78 is 17.2. The van der Waals surface area contributed by atoms with Crippen molar-refractivity contribution >= 4 is 17.8 Å². The third-order valence-electron chi connectivity index (χ3n) is 6.98. The summed E-state index contributed by atoms with van der Waals surface area (Å²) in [6.45, 7) is 13.7. The van der Waals surface area contributed by atoms with Gasteiger partial charge < -0.3 is 9.47 Å². The molecule has 1 atom stereocenters. The minimum absolute atomic E-state index is 0.0211. The maximum atomic E-state index is 15.0. The van der Waals surface area contributed by atoms with E-state index in [0.29, 0.717) is 17.0 Å². The van der Waals surface area contributed by atoms with Crippen molar-refractivity contribution in [3.8, 4) is 5.69 Å². The zero-order valence-corrected chi connectivity index (χ0v) is 21.5. The first-order chi connectivity index (χ1) is 16.6. The number of benzene rings is 2. The van der Waals surface area contributed by atoms with Crippen LogP contribution in [0.15, 0.2) is 53.6 Å². The number of hydrazone groups is 1. The number of amides is 1. The van der Waals surface area contributed by atoms with Crippen LogP contribution in [0.2, 0.25) is 0 Å². The summed E-state index contributed by atoms with van der Waals surface area (Å²) in [5, 5.41) is 4.05. The minimum atomic E-state index is -0.338. The van der Waals surface area contributed by atoms with Gasteiger partial charge >= 0.3 is 0 Å². The van der Waals surface area contributed by atoms with Gasteiger partial charge in [-0.25, -0.2) is 9.82 Å². The fraction of sp³-hybridized carbons (Fsp3) is 0.379. The number of nitrogens with one attached hydrogen (secondary N) is 1. The molecule has 1 amide bonds. The molecular weight excluding hydrogens is 439 g/mol. The van der Waals surface area contributed by atoms with Crippen molar-refractivity contribution in [2.45, 2.75) is 65.8 Å². The van der Waals surface area contributed by atoms with E-state index < -0.39 is 0 Å². The molecule has 4 rings (SSSR count). The Kier molecular flexibility index (Phi) is 6.84. The zero-order chi connectivity index (χ0) is 25.3. The molecule has 6 heteroatoms. The van der Waals surface area contributed by atoms with Crippen LogP contribution in [-0.2, 0) is 0 Å². The normalized spacial score (nSPS) is 17.0. The molecule has 0 radical (unpaired) electrons. The van der Waals surface area contributed by atoms with E-state index in [-0.39, 0.29) is 17.3 Å². The number of halogens is 1. The number of carbonyl (C=O) groups excluding carboxylic acids is 1. The highest BCUT2D eigenvalue weighted by atomic mass is 19.1. The van der Waals surface area contributed by atoms with Crippen LogP contribution in [0.25, 0.3) is 5.69 Å². The Hall–Kier alpha value is -3.41. The van der Waals surface area contributed by atoms with E-state index in [1.54, 1.807) is 18.2 Å². The third-order valence-corrected chi connectivity index (χ3v) is 6.98. The van der Waals surface area contributed by atoms with E-state index in [9.17, 15) is 4.79 Å². The molecule has 5 nitrogen and oxygen atoms in total. The predicted octanol–water partition coefficient (Wildman–Crippen LogP) is 6.50. The molecule has 3 aromatic rings. The Bertz CT molecular complexity index is 1240. The maximum Gasteiger partial charge on any atom is 0.271 e. The Balaban J connectivity index is 1.50. The van der Waals surface area contributed by atoms with Crippen LogP contribution in [0.4, 0.5) is 10.1 Å². The van der Waals surface area contributed by atoms with Crippen LogP contribution < -0.4 is 10.3 Å². The van der Waals surface area contributed by atoms with Gasteiger partial charge in [0.2, 0.25) is 0 Å². The molecular formula is C29H35FN4O. The highest BCUT2D eigenvalue weighted by molar-refractivity contribution is 5.95. The Morgan fingerprint density at radius 2 is 1.80 bits per heavy atom. The van der Waals surface area contributed by atoms with Crippen molar-refractivity contribution in [2.75, 3.05) is 11.4 Å². The van der Waals surface area contributed by atoms with E-state index in [4.69, 9.17) is 0 Å². The summed E-state index contributed by atoms with van der Waals surface area (Å²) in [6.07, 6.45) is 3.39. The lowest BCUT2D eigenvalue weighted by Gasteiger charge is -2.47. The van der Waals surface area contributed by atoms with E-state index >= 15 is 4.39 Å². The highest BCUT2D eigenvalue weighted by Gasteiger charge is 2.36. The van der Waals surface area contributed by atoms with Gasteiger partial charge in [-0.1, -0.05) is 13.8 Å². The van der Waals surface area contributed by atoms with Crippen LogP contribution in [0.5, 0.6) is 0 Å². The van der Waals surface area contributed by atoms with Crippen LogP contribution in [-0.4, -0.2) is 28.8 Å². The van der Waals surface area contributed by atoms with Crippen molar-refractivity contribution < 1.29 is 9.18 Å². The first-order valence-electron chi connectivity index (χ1n) is 12.3. The van der Waals surface area contributed by atoms with Gasteiger partial charge in [-0.3, -0.25) is 4.79 Å². The van der Waals surface area contributed by atoms with Gasteiger partial charge in [-0.15, -0.1) is 0 Å². The fourth-order valence-electron chi connectivity index (χ4n) is 5.33. The molecule has 1 aliphatic heterocycles. The van der Waals surface area contributed by atoms with E-state index in [1.807, 2.05) is 32.0 Å². The number of anilines is 1. The number of aryl methyl sites for hydroxylation is 2. The second kappa shape index (κ2) is 9.68. The van der Waals surface area contributed by atoms with Crippen molar-refractivity contribution in [3.05, 3.63) is 82.4 Å². The Morgan fingerprint density at radius 1 is 1.14 bits per heavy atom. The lowest BCUT2D eigenvalue weighted by Crippen LogP contribution is -2.48. The topological polar surface area (TPSA) is 49.6 Å². The zero-order valence-electron chi connectivity index (χ0n) is 21.5. The highest BCUT2D eigenvalue weighted by Crippen LogP contribution is 2.44. The van der Waals surface area contributed by atoms with Crippen LogP contribution >= 0.6 is 0 Å². The number of hydrogen-bond donors (Lipinski definition) is 1. The standard InChI is InChI=1S/C29H35FN4O/c1-7-14-33-27-16-26(30)23(15-25(27)19(2)17-29(33,5)6)18-31-32-28(35)22-10-12-24(13-11-22)34-20(3)8-9-21(34)4/h8-13,15-16,18-19H,7,14,17H2,1-6H3,(H,32,35)/b31-18-. The number of nitrogens with zero attached hydrogens (tertiary/aromatic N) is 3. The molecule has 1 unspecified atom stereocenters. The summed E-state index contributed by atoms with van der Waals surface area (Å²) in [6, 6.07) is 15.0. The smallest absolute Gasteiger partial charge is 0.271 e. The van der Waals surface area contributed by atoms with Gasteiger partial charge in [-0.2, -0.15) is 5.10 Å². The molecule has 1 N–H and O–H groups in total. The number of hydrogen-bond acceptors (Lipinski definition) is 3. The van der Waals surface area contributed by atoms with Gasteiger partial charge in [0.25, 0.3) is 5.91 Å². The summed E-state index contributed by atoms with van der Waals surface area (Å²) in [5.41, 5.74) is 8.72. The first-order valence-corrected chi connectivity index (χ1v) is 12.3. The van der Waals surface area contributed by atoms with Crippen molar-refractivity contribution in [3.63, 3.8) is 0 Å². The first kappa shape index (κ1) is 24.7. The molecule has 1 aliphatic rings. The molecule has 184 valence electrons. The van der Waals surface area contributed by atoms with Gasteiger partial charge in [-0.05, 0) is 101 Å². The number of rotatable bonds is 6. The fourth-order valence-corrected chi connectivity index (χ4v) is 5.33. The average molecular weight is 475 g/mol. The maximum absolute atomic E-state index is 15.0. The van der Waals surface area contributed by atoms with Crippen molar-refractivity contribution in [2.24, 2.45) is 5.10 Å². The van der Waals surface area contributed by atoms with Crippen LogP contribution in [0.3, 0.4) is 0 Å². The van der Waals surface area contributed by atoms with Crippen LogP contribution in [0, 0.1) is 19.7 Å². The van der Waals surface area contributed by atoms with Crippen molar-refractivity contribution in [1.82, 2.24) is 9.99 Å². The molecule has 35 heavy (non-hydrogen) atoms. The van der Waals surface area contributed by atoms with E-state index in [0.717, 1.165) is 47.7 Å². The van der Waals surface area contributed by atoms with Gasteiger partial charge in [0, 0.05) is 46.0 Å². The number of carbonyl (C=O) groups is 1. The van der Waals surface area contributed by atoms with Crippen LogP contribution in [0.1, 0.15) is 79.3 Å². The van der Waals surface area contributed by atoms with E-state index in [1.165, 1.54) is 6.21 Å². The van der Waals surface area contributed by atoms with Gasteiger partial charge in [0.15, 0.2) is 0 Å². The average Bonchev–Trinajstić information content (AvgIpc) is 3.15. The lowest BCUT2D eigenvalue weighted by atomic mass is 9.79. The largest absolute Gasteiger partial charge is 0.366 e. The predicted molar refractivity (Wildman–Crippen MR) is 141 cm³/mol. The lowest BCUT2D eigenvalue weighted by molar-refractivity contribution is 0.0955. The molecule has 0 fully saturated rings. The quantitative estimate of drug-likeness (QED) is 0.327. The monoisotopic (exact) mass is 474 g/mol. The van der Waals surface area contributed by atoms with Gasteiger partial charge in [0.05, 0.1) is 6.21 Å². The molecule has 2 aromatic carbocycles. The SMILES string of the molecule is CCCN1c2cc(F)c(/C=N\NC(=O)c3ccc(-n4c(C)ccc4C)cc3)cc2C(C)CC1(C)C. The molecule has 1 aromatic heterocycles. The second-order valence-electron chi connectivity index (χ2n) is 10.2. The Morgan fingerprint density at radius 3 is 2.43 bits per heavy atom. The second-order valence-corrected chi connectivity index (χ2v) is 10.2. The minimum Gasteiger partial charge on any atom is -0.366 e. The molecule has 0 bridgehead atoms. The molecule has 0 saturated heterocycles. The molecule has 2 heterocycles. The number of aromatic nitrogens is 1. The van der Waals surface area contributed by atoms with Crippen molar-refractivity contribution in [1.29, 1.82) is 0 Å². The summed E-state index contributed by atoms with van der Waals surface area (Å²) >= 11 is 0. The van der Waals surface area contributed by atoms with E-state index in [2.05, 4.69) is 59.8 Å². The molecule has 0 spiro atoms. The third kappa shape index (κ3) is 4.88. The summed E-state index contributed by atoms with van der Waals surface area (Å²) in [7, 11) is 0.